The van der Waals surface area contributed by atoms with Crippen molar-refractivity contribution in [3.05, 3.63) is 65.7 Å². The van der Waals surface area contributed by atoms with Crippen molar-refractivity contribution in [2.75, 3.05) is 6.61 Å². The second-order valence-electron chi connectivity index (χ2n) is 4.85. The fourth-order valence-corrected chi connectivity index (χ4v) is 2.08. The van der Waals surface area contributed by atoms with Gasteiger partial charge in [0, 0.05) is 6.42 Å². The number of hydrogen-bond acceptors (Lipinski definition) is 4. The molecule has 0 heterocycles. The number of carbonyl (C=O) groups excluding carboxylic acids is 1. The van der Waals surface area contributed by atoms with Gasteiger partial charge in [-0.05, 0) is 24.1 Å². The number of hydrogen-bond donors (Lipinski definition) is 1. The summed E-state index contributed by atoms with van der Waals surface area (Å²) in [7, 11) is 0. The van der Waals surface area contributed by atoms with Crippen molar-refractivity contribution in [3.8, 4) is 5.75 Å². The minimum absolute atomic E-state index is 0.170. The van der Waals surface area contributed by atoms with Crippen LogP contribution >= 0.6 is 0 Å². The van der Waals surface area contributed by atoms with Crippen molar-refractivity contribution < 1.29 is 19.4 Å². The zero-order valence-electron chi connectivity index (χ0n) is 12.6. The monoisotopic (exact) mass is 300 g/mol. The van der Waals surface area contributed by atoms with Crippen molar-refractivity contribution in [3.63, 3.8) is 0 Å². The Bertz CT molecular complexity index is 595. The van der Waals surface area contributed by atoms with E-state index in [0.717, 1.165) is 11.1 Å². The number of para-hydroxylation sites is 1. The lowest BCUT2D eigenvalue weighted by Crippen LogP contribution is -2.25. The van der Waals surface area contributed by atoms with Gasteiger partial charge in [-0.2, -0.15) is 0 Å². The summed E-state index contributed by atoms with van der Waals surface area (Å²) < 4.78 is 10.6. The Kier molecular flexibility index (Phi) is 5.98. The van der Waals surface area contributed by atoms with E-state index in [-0.39, 0.29) is 13.0 Å². The maximum Gasteiger partial charge on any atom is 0.335 e. The molecule has 4 nitrogen and oxygen atoms in total. The maximum absolute atomic E-state index is 11.5. The molecule has 0 bridgehead atoms. The van der Waals surface area contributed by atoms with Crippen LogP contribution in [0.1, 0.15) is 18.1 Å². The van der Waals surface area contributed by atoms with E-state index in [2.05, 4.69) is 0 Å². The Morgan fingerprint density at radius 1 is 1.09 bits per heavy atom. The van der Waals surface area contributed by atoms with Crippen molar-refractivity contribution >= 4 is 5.97 Å². The summed E-state index contributed by atoms with van der Waals surface area (Å²) in [5.74, 6) is 0.0510. The molecule has 22 heavy (non-hydrogen) atoms. The van der Waals surface area contributed by atoms with Crippen LogP contribution in [-0.4, -0.2) is 23.8 Å². The van der Waals surface area contributed by atoms with Crippen LogP contribution in [0.4, 0.5) is 0 Å². The van der Waals surface area contributed by atoms with Crippen LogP contribution in [0.15, 0.2) is 54.6 Å². The van der Waals surface area contributed by atoms with E-state index in [9.17, 15) is 9.90 Å². The lowest BCUT2D eigenvalue weighted by atomic mass is 10.1. The standard InChI is InChI=1S/C18H20O4/c1-2-21-18(20)16(19)12-15-10-6-7-11-17(15)22-13-14-8-4-3-5-9-14/h3-11,16,19H,2,12-13H2,1H3/t16-/m1/s1. The van der Waals surface area contributed by atoms with E-state index < -0.39 is 12.1 Å². The topological polar surface area (TPSA) is 55.8 Å². The first-order valence-electron chi connectivity index (χ1n) is 7.30. The fourth-order valence-electron chi connectivity index (χ4n) is 2.08. The van der Waals surface area contributed by atoms with Crippen molar-refractivity contribution in [1.82, 2.24) is 0 Å². The van der Waals surface area contributed by atoms with Crippen LogP contribution in [-0.2, 0) is 22.6 Å². The first-order chi connectivity index (χ1) is 10.7. The van der Waals surface area contributed by atoms with E-state index in [1.54, 1.807) is 6.92 Å². The molecule has 0 saturated carbocycles. The normalized spacial score (nSPS) is 11.7. The molecule has 2 aromatic carbocycles. The van der Waals surface area contributed by atoms with Crippen LogP contribution in [0, 0.1) is 0 Å². The highest BCUT2D eigenvalue weighted by Crippen LogP contribution is 2.21. The van der Waals surface area contributed by atoms with Gasteiger partial charge in [-0.25, -0.2) is 4.79 Å². The predicted molar refractivity (Wildman–Crippen MR) is 83.6 cm³/mol. The number of aliphatic hydroxyl groups excluding tert-OH is 1. The van der Waals surface area contributed by atoms with Gasteiger partial charge < -0.3 is 14.6 Å². The quantitative estimate of drug-likeness (QED) is 0.799. The molecule has 116 valence electrons. The van der Waals surface area contributed by atoms with Crippen LogP contribution in [0.2, 0.25) is 0 Å². The Morgan fingerprint density at radius 2 is 1.77 bits per heavy atom. The van der Waals surface area contributed by atoms with Crippen molar-refractivity contribution in [2.24, 2.45) is 0 Å². The smallest absolute Gasteiger partial charge is 0.335 e. The third-order valence-electron chi connectivity index (χ3n) is 3.18. The van der Waals surface area contributed by atoms with Gasteiger partial charge in [0.1, 0.15) is 12.4 Å². The van der Waals surface area contributed by atoms with E-state index in [0.29, 0.717) is 12.4 Å². The molecule has 0 aliphatic rings. The minimum atomic E-state index is -1.18. The maximum atomic E-state index is 11.5. The summed E-state index contributed by atoms with van der Waals surface area (Å²) in [6, 6.07) is 17.2. The number of ether oxygens (including phenoxy) is 2. The predicted octanol–water partition coefficient (Wildman–Crippen LogP) is 2.73. The SMILES string of the molecule is CCOC(=O)[C@H](O)Cc1ccccc1OCc1ccccc1. The molecule has 0 aliphatic carbocycles. The highest BCUT2D eigenvalue weighted by Gasteiger charge is 2.18. The Hall–Kier alpha value is -2.33. The highest BCUT2D eigenvalue weighted by atomic mass is 16.5. The summed E-state index contributed by atoms with van der Waals surface area (Å²) in [5, 5.41) is 9.88. The number of aliphatic hydroxyl groups is 1. The minimum Gasteiger partial charge on any atom is -0.489 e. The van der Waals surface area contributed by atoms with Gasteiger partial charge in [0.05, 0.1) is 6.61 Å². The third kappa shape index (κ3) is 4.60. The Balaban J connectivity index is 2.02. The summed E-state index contributed by atoms with van der Waals surface area (Å²) in [4.78, 5) is 11.5. The van der Waals surface area contributed by atoms with E-state index in [1.165, 1.54) is 0 Å². The zero-order chi connectivity index (χ0) is 15.8. The highest BCUT2D eigenvalue weighted by molar-refractivity contribution is 5.74. The fraction of sp³-hybridized carbons (Fsp3) is 0.278. The first-order valence-corrected chi connectivity index (χ1v) is 7.30. The summed E-state index contributed by atoms with van der Waals surface area (Å²) >= 11 is 0. The number of benzene rings is 2. The molecule has 0 saturated heterocycles. The largest absolute Gasteiger partial charge is 0.489 e. The zero-order valence-corrected chi connectivity index (χ0v) is 12.6. The van der Waals surface area contributed by atoms with Gasteiger partial charge in [-0.1, -0.05) is 48.5 Å². The van der Waals surface area contributed by atoms with E-state index in [1.807, 2.05) is 54.6 Å². The van der Waals surface area contributed by atoms with E-state index >= 15 is 0 Å². The van der Waals surface area contributed by atoms with Gasteiger partial charge in [-0.3, -0.25) is 0 Å². The Labute approximate surface area is 130 Å². The molecule has 0 amide bonds. The van der Waals surface area contributed by atoms with Gasteiger partial charge in [-0.15, -0.1) is 0 Å². The summed E-state index contributed by atoms with van der Waals surface area (Å²) in [6.07, 6.45) is -1.01. The van der Waals surface area contributed by atoms with Gasteiger partial charge in [0.2, 0.25) is 0 Å². The molecule has 0 radical (unpaired) electrons. The Morgan fingerprint density at radius 3 is 2.50 bits per heavy atom. The molecule has 2 aromatic rings. The van der Waals surface area contributed by atoms with E-state index in [4.69, 9.17) is 9.47 Å². The van der Waals surface area contributed by atoms with Crippen molar-refractivity contribution in [1.29, 1.82) is 0 Å². The molecule has 4 heteroatoms. The second-order valence-corrected chi connectivity index (χ2v) is 4.85. The number of carbonyl (C=O) groups is 1. The summed E-state index contributed by atoms with van der Waals surface area (Å²) in [5.41, 5.74) is 1.84. The van der Waals surface area contributed by atoms with Crippen LogP contribution < -0.4 is 4.74 Å². The molecule has 2 rings (SSSR count). The van der Waals surface area contributed by atoms with Crippen LogP contribution in [0.25, 0.3) is 0 Å². The van der Waals surface area contributed by atoms with Gasteiger partial charge in [0.15, 0.2) is 6.10 Å². The van der Waals surface area contributed by atoms with Gasteiger partial charge in [0.25, 0.3) is 0 Å². The van der Waals surface area contributed by atoms with Crippen LogP contribution in [0.3, 0.4) is 0 Å². The molecular weight excluding hydrogens is 280 g/mol. The van der Waals surface area contributed by atoms with Gasteiger partial charge >= 0.3 is 5.97 Å². The number of esters is 1. The average molecular weight is 300 g/mol. The lowest BCUT2D eigenvalue weighted by Gasteiger charge is -2.14. The molecule has 0 unspecified atom stereocenters. The third-order valence-corrected chi connectivity index (χ3v) is 3.18. The molecule has 1 atom stereocenters. The first kappa shape index (κ1) is 16.0. The molecular formula is C18H20O4. The number of rotatable bonds is 7. The molecule has 0 spiro atoms. The molecule has 1 N–H and O–H groups in total. The molecule has 0 aromatic heterocycles. The lowest BCUT2D eigenvalue weighted by molar-refractivity contribution is -0.152. The van der Waals surface area contributed by atoms with Crippen molar-refractivity contribution in [2.45, 2.75) is 26.1 Å². The molecule has 0 fully saturated rings. The second kappa shape index (κ2) is 8.20. The van der Waals surface area contributed by atoms with Crippen LogP contribution in [0.5, 0.6) is 5.75 Å². The average Bonchev–Trinajstić information content (AvgIpc) is 2.55. The molecule has 0 aliphatic heterocycles. The summed E-state index contributed by atoms with van der Waals surface area (Å²) in [6.45, 7) is 2.40.